The van der Waals surface area contributed by atoms with Crippen molar-refractivity contribution in [1.82, 2.24) is 4.98 Å². The number of aromatic nitrogens is 1. The Morgan fingerprint density at radius 1 is 1.33 bits per heavy atom. The Morgan fingerprint density at radius 2 is 2.00 bits per heavy atom. The molecule has 1 aromatic rings. The summed E-state index contributed by atoms with van der Waals surface area (Å²) in [7, 11) is 0. The molecule has 0 aliphatic rings. The molecule has 0 atom stereocenters. The van der Waals surface area contributed by atoms with Crippen molar-refractivity contribution >= 4 is 0 Å². The van der Waals surface area contributed by atoms with Crippen molar-refractivity contribution in [3.05, 3.63) is 23.5 Å². The van der Waals surface area contributed by atoms with Crippen LogP contribution >= 0.6 is 0 Å². The number of rotatable bonds is 3. The van der Waals surface area contributed by atoms with E-state index in [-0.39, 0.29) is 0 Å². The van der Waals surface area contributed by atoms with Crippen LogP contribution < -0.4 is 0 Å². The smallest absolute Gasteiger partial charge is 0.0236 e. The van der Waals surface area contributed by atoms with E-state index in [0.29, 0.717) is 5.41 Å². The van der Waals surface area contributed by atoms with Crippen LogP contribution in [-0.2, 0) is 11.8 Å². The fourth-order valence-electron chi connectivity index (χ4n) is 1.50. The summed E-state index contributed by atoms with van der Waals surface area (Å²) in [5.74, 6) is 0. The number of nitrogens with one attached hydrogen (secondary N) is 1. The molecule has 0 aliphatic heterocycles. The van der Waals surface area contributed by atoms with E-state index in [1.807, 2.05) is 6.20 Å². The Kier molecular flexibility index (Phi) is 2.61. The van der Waals surface area contributed by atoms with Crippen LogP contribution in [0.5, 0.6) is 0 Å². The molecular weight excluding hydrogens is 146 g/mol. The van der Waals surface area contributed by atoms with Crippen LogP contribution in [0.15, 0.2) is 12.3 Å². The normalized spacial score (nSPS) is 12.0. The van der Waals surface area contributed by atoms with E-state index < -0.39 is 0 Å². The van der Waals surface area contributed by atoms with Gasteiger partial charge in [0, 0.05) is 17.3 Å². The zero-order chi connectivity index (χ0) is 9.19. The van der Waals surface area contributed by atoms with Crippen molar-refractivity contribution in [3.8, 4) is 0 Å². The molecule has 0 aliphatic carbocycles. The van der Waals surface area contributed by atoms with Gasteiger partial charge >= 0.3 is 0 Å². The summed E-state index contributed by atoms with van der Waals surface area (Å²) >= 11 is 0. The molecule has 0 saturated heterocycles. The zero-order valence-corrected chi connectivity index (χ0v) is 8.57. The highest BCUT2D eigenvalue weighted by molar-refractivity contribution is 5.27. The first-order valence-electron chi connectivity index (χ1n) is 4.78. The maximum Gasteiger partial charge on any atom is 0.0236 e. The molecule has 0 bridgehead atoms. The summed E-state index contributed by atoms with van der Waals surface area (Å²) in [5.41, 5.74) is 3.17. The van der Waals surface area contributed by atoms with Gasteiger partial charge < -0.3 is 4.98 Å². The minimum atomic E-state index is 0.300. The fourth-order valence-corrected chi connectivity index (χ4v) is 1.50. The predicted octanol–water partition coefficient (Wildman–Crippen LogP) is 3.26. The first kappa shape index (κ1) is 9.37. The van der Waals surface area contributed by atoms with Gasteiger partial charge in [0.05, 0.1) is 0 Å². The number of hydrogen-bond donors (Lipinski definition) is 1. The van der Waals surface area contributed by atoms with Crippen molar-refractivity contribution in [1.29, 1.82) is 0 Å². The van der Waals surface area contributed by atoms with Crippen LogP contribution in [-0.4, -0.2) is 4.98 Å². The summed E-state index contributed by atoms with van der Waals surface area (Å²) in [6.45, 7) is 9.02. The molecule has 0 fully saturated rings. The summed E-state index contributed by atoms with van der Waals surface area (Å²) in [6, 6.07) is 2.19. The number of aromatic amines is 1. The zero-order valence-electron chi connectivity index (χ0n) is 8.57. The van der Waals surface area contributed by atoms with E-state index in [4.69, 9.17) is 0 Å². The molecule has 1 rings (SSSR count). The van der Waals surface area contributed by atoms with Gasteiger partial charge in [-0.05, 0) is 24.5 Å². The molecule has 0 amide bonds. The lowest BCUT2D eigenvalue weighted by Crippen LogP contribution is -2.17. The van der Waals surface area contributed by atoms with Crippen molar-refractivity contribution in [2.45, 2.75) is 46.0 Å². The van der Waals surface area contributed by atoms with Gasteiger partial charge in [0.15, 0.2) is 0 Å². The van der Waals surface area contributed by atoms with Gasteiger partial charge in [-0.3, -0.25) is 0 Å². The minimum Gasteiger partial charge on any atom is -0.364 e. The molecule has 1 heterocycles. The van der Waals surface area contributed by atoms with Gasteiger partial charge in [-0.25, -0.2) is 0 Å². The monoisotopic (exact) mass is 165 g/mol. The van der Waals surface area contributed by atoms with Crippen molar-refractivity contribution in [3.63, 3.8) is 0 Å². The summed E-state index contributed by atoms with van der Waals surface area (Å²) in [4.78, 5) is 3.35. The van der Waals surface area contributed by atoms with Gasteiger partial charge in [0.1, 0.15) is 0 Å². The molecule has 1 N–H and O–H groups in total. The maximum absolute atomic E-state index is 3.35. The standard InChI is InChI=1S/C11H19N/c1-5-9-7-8-12-10(9)11(3,4)6-2/h7-8,12H,5-6H2,1-4H3. The molecular formula is C11H19N. The lowest BCUT2D eigenvalue weighted by Gasteiger charge is -2.23. The average Bonchev–Trinajstić information content (AvgIpc) is 2.52. The van der Waals surface area contributed by atoms with Crippen molar-refractivity contribution in [2.24, 2.45) is 0 Å². The second kappa shape index (κ2) is 3.34. The second-order valence-corrected chi connectivity index (χ2v) is 3.97. The Labute approximate surface area is 75.2 Å². The van der Waals surface area contributed by atoms with E-state index in [1.54, 1.807) is 0 Å². The van der Waals surface area contributed by atoms with E-state index in [0.717, 1.165) is 6.42 Å². The SMILES string of the molecule is CCc1cc[nH]c1C(C)(C)CC. The van der Waals surface area contributed by atoms with Gasteiger partial charge in [0.2, 0.25) is 0 Å². The third-order valence-corrected chi connectivity index (χ3v) is 2.77. The van der Waals surface area contributed by atoms with E-state index in [1.165, 1.54) is 17.7 Å². The number of H-pyrrole nitrogens is 1. The predicted molar refractivity (Wildman–Crippen MR) is 53.5 cm³/mol. The van der Waals surface area contributed by atoms with Crippen LogP contribution in [0.2, 0.25) is 0 Å². The van der Waals surface area contributed by atoms with Gasteiger partial charge in [0.25, 0.3) is 0 Å². The molecule has 1 nitrogen and oxygen atoms in total. The first-order chi connectivity index (χ1) is 5.61. The van der Waals surface area contributed by atoms with Crippen LogP contribution in [0.1, 0.15) is 45.4 Å². The van der Waals surface area contributed by atoms with E-state index >= 15 is 0 Å². The second-order valence-electron chi connectivity index (χ2n) is 3.97. The average molecular weight is 165 g/mol. The molecule has 68 valence electrons. The molecule has 0 spiro atoms. The third kappa shape index (κ3) is 1.55. The molecule has 0 unspecified atom stereocenters. The minimum absolute atomic E-state index is 0.300. The lowest BCUT2D eigenvalue weighted by atomic mass is 9.84. The molecule has 0 saturated carbocycles. The van der Waals surface area contributed by atoms with Crippen LogP contribution in [0.25, 0.3) is 0 Å². The summed E-state index contributed by atoms with van der Waals surface area (Å²) in [6.07, 6.45) is 4.36. The topological polar surface area (TPSA) is 15.8 Å². The Bertz CT molecular complexity index is 245. The molecule has 12 heavy (non-hydrogen) atoms. The first-order valence-corrected chi connectivity index (χ1v) is 4.78. The van der Waals surface area contributed by atoms with E-state index in [9.17, 15) is 0 Å². The fraction of sp³-hybridized carbons (Fsp3) is 0.636. The molecule has 0 radical (unpaired) electrons. The quantitative estimate of drug-likeness (QED) is 0.707. The third-order valence-electron chi connectivity index (χ3n) is 2.77. The number of aryl methyl sites for hydroxylation is 1. The van der Waals surface area contributed by atoms with Gasteiger partial charge in [-0.15, -0.1) is 0 Å². The van der Waals surface area contributed by atoms with Crippen LogP contribution in [0, 0.1) is 0 Å². The van der Waals surface area contributed by atoms with Gasteiger partial charge in [-0.1, -0.05) is 27.7 Å². The maximum atomic E-state index is 3.35. The molecule has 1 aromatic heterocycles. The molecule has 1 heteroatoms. The van der Waals surface area contributed by atoms with Gasteiger partial charge in [-0.2, -0.15) is 0 Å². The molecule has 0 aromatic carbocycles. The number of hydrogen-bond acceptors (Lipinski definition) is 0. The summed E-state index contributed by atoms with van der Waals surface area (Å²) < 4.78 is 0. The lowest BCUT2D eigenvalue weighted by molar-refractivity contribution is 0.488. The highest BCUT2D eigenvalue weighted by atomic mass is 14.7. The Balaban J connectivity index is 3.00. The highest BCUT2D eigenvalue weighted by Crippen LogP contribution is 2.28. The van der Waals surface area contributed by atoms with Crippen molar-refractivity contribution < 1.29 is 0 Å². The van der Waals surface area contributed by atoms with Crippen LogP contribution in [0.3, 0.4) is 0 Å². The summed E-state index contributed by atoms with van der Waals surface area (Å²) in [5, 5.41) is 0. The van der Waals surface area contributed by atoms with E-state index in [2.05, 4.69) is 38.7 Å². The van der Waals surface area contributed by atoms with Crippen LogP contribution in [0.4, 0.5) is 0 Å². The van der Waals surface area contributed by atoms with Crippen molar-refractivity contribution in [2.75, 3.05) is 0 Å². The Hall–Kier alpha value is -0.720. The highest BCUT2D eigenvalue weighted by Gasteiger charge is 2.21. The largest absolute Gasteiger partial charge is 0.364 e. The Morgan fingerprint density at radius 3 is 2.50 bits per heavy atom.